The third-order valence-electron chi connectivity index (χ3n) is 6.49. The molecule has 0 aliphatic carbocycles. The number of pyridine rings is 1. The molecule has 1 aliphatic heterocycles. The molecule has 3 heterocycles. The topological polar surface area (TPSA) is 148 Å². The Morgan fingerprint density at radius 1 is 0.878 bits per heavy atom. The van der Waals surface area contributed by atoms with Gasteiger partial charge < -0.3 is 9.80 Å². The number of nitro groups is 1. The lowest BCUT2D eigenvalue weighted by atomic mass is 9.98. The van der Waals surface area contributed by atoms with Crippen molar-refractivity contribution in [2.24, 2.45) is 5.14 Å². The number of aromatic nitrogens is 3. The molecule has 1 aliphatic rings. The summed E-state index contributed by atoms with van der Waals surface area (Å²) in [6.07, 6.45) is -3.71. The first kappa shape index (κ1) is 27.9. The third-order valence-corrected chi connectivity index (χ3v) is 7.40. The van der Waals surface area contributed by atoms with Crippen LogP contribution < -0.4 is 14.9 Å². The highest BCUT2D eigenvalue weighted by Gasteiger charge is 2.38. The minimum atomic E-state index is -4.86. The first-order valence-electron chi connectivity index (χ1n) is 12.2. The normalized spacial score (nSPS) is 14.2. The van der Waals surface area contributed by atoms with Crippen molar-refractivity contribution < 1.29 is 26.5 Å². The zero-order valence-electron chi connectivity index (χ0n) is 21.2. The predicted molar refractivity (Wildman–Crippen MR) is 145 cm³/mol. The van der Waals surface area contributed by atoms with Crippen molar-refractivity contribution in [3.05, 3.63) is 88.9 Å². The molecule has 0 saturated carbocycles. The summed E-state index contributed by atoms with van der Waals surface area (Å²) < 4.78 is 66.4. The van der Waals surface area contributed by atoms with E-state index in [1.54, 1.807) is 41.3 Å². The standard InChI is InChI=1S/C26H22F3N7O4S/c27-26(28,29)25-32-23(17-5-2-1-3-6-17)22(18-7-4-8-20(15-18)41(30,39)40)24(33-25)35-13-11-34(12-14-35)21-10-9-19(16-31-21)36(37)38/h1-10,15-16H,11-14H2,(H2,30,39,40). The Morgan fingerprint density at radius 3 is 2.12 bits per heavy atom. The van der Waals surface area contributed by atoms with Crippen LogP contribution in [0.4, 0.5) is 30.5 Å². The van der Waals surface area contributed by atoms with Crippen LogP contribution in [0.5, 0.6) is 0 Å². The number of anilines is 2. The molecule has 0 radical (unpaired) electrons. The van der Waals surface area contributed by atoms with Crippen LogP contribution in [0.1, 0.15) is 5.82 Å². The van der Waals surface area contributed by atoms with Gasteiger partial charge in [-0.1, -0.05) is 42.5 Å². The van der Waals surface area contributed by atoms with Crippen molar-refractivity contribution in [1.29, 1.82) is 0 Å². The van der Waals surface area contributed by atoms with Gasteiger partial charge in [-0.2, -0.15) is 13.2 Å². The summed E-state index contributed by atoms with van der Waals surface area (Å²) in [6.45, 7) is 1.10. The number of piperazine rings is 1. The maximum atomic E-state index is 14.1. The Labute approximate surface area is 232 Å². The molecule has 1 saturated heterocycles. The highest BCUT2D eigenvalue weighted by atomic mass is 32.2. The number of rotatable bonds is 6. The molecule has 4 aromatic rings. The molecule has 41 heavy (non-hydrogen) atoms. The molecule has 11 nitrogen and oxygen atoms in total. The van der Waals surface area contributed by atoms with E-state index in [4.69, 9.17) is 5.14 Å². The minimum absolute atomic E-state index is 0.0194. The number of benzene rings is 2. The lowest BCUT2D eigenvalue weighted by Crippen LogP contribution is -2.47. The van der Waals surface area contributed by atoms with Gasteiger partial charge in [0.05, 0.1) is 21.1 Å². The van der Waals surface area contributed by atoms with E-state index in [0.29, 0.717) is 24.5 Å². The Kier molecular flexibility index (Phi) is 7.31. The number of nitrogens with zero attached hydrogens (tertiary/aromatic N) is 6. The van der Waals surface area contributed by atoms with E-state index >= 15 is 0 Å². The molecule has 2 N–H and O–H groups in total. The monoisotopic (exact) mass is 585 g/mol. The molecular formula is C26H22F3N7O4S. The highest BCUT2D eigenvalue weighted by Crippen LogP contribution is 2.41. The lowest BCUT2D eigenvalue weighted by Gasteiger charge is -2.37. The first-order chi connectivity index (χ1) is 19.4. The number of halogens is 3. The number of alkyl halides is 3. The molecule has 0 spiro atoms. The quantitative estimate of drug-likeness (QED) is 0.261. The zero-order valence-corrected chi connectivity index (χ0v) is 22.0. The van der Waals surface area contributed by atoms with Gasteiger partial charge in [-0.25, -0.2) is 28.5 Å². The van der Waals surface area contributed by atoms with Gasteiger partial charge in [-0.15, -0.1) is 0 Å². The molecule has 2 aromatic carbocycles. The minimum Gasteiger partial charge on any atom is -0.353 e. The van der Waals surface area contributed by atoms with Crippen LogP contribution in [0.25, 0.3) is 22.4 Å². The molecule has 1 fully saturated rings. The van der Waals surface area contributed by atoms with Crippen LogP contribution >= 0.6 is 0 Å². The summed E-state index contributed by atoms with van der Waals surface area (Å²) in [5, 5.41) is 16.3. The zero-order chi connectivity index (χ0) is 29.4. The van der Waals surface area contributed by atoms with Crippen LogP contribution in [0, 0.1) is 10.1 Å². The van der Waals surface area contributed by atoms with Gasteiger partial charge in [-0.3, -0.25) is 10.1 Å². The largest absolute Gasteiger partial charge is 0.451 e. The fraction of sp³-hybridized carbons (Fsp3) is 0.192. The average Bonchev–Trinajstić information content (AvgIpc) is 2.96. The first-order valence-corrected chi connectivity index (χ1v) is 13.7. The van der Waals surface area contributed by atoms with Gasteiger partial charge in [0, 0.05) is 37.8 Å². The van der Waals surface area contributed by atoms with Gasteiger partial charge in [0.1, 0.15) is 17.8 Å². The highest BCUT2D eigenvalue weighted by molar-refractivity contribution is 7.89. The van der Waals surface area contributed by atoms with E-state index in [1.165, 1.54) is 30.3 Å². The smallest absolute Gasteiger partial charge is 0.353 e. The number of nitrogens with two attached hydrogens (primary N) is 1. The molecule has 0 bridgehead atoms. The van der Waals surface area contributed by atoms with Crippen molar-refractivity contribution in [2.75, 3.05) is 36.0 Å². The summed E-state index contributed by atoms with van der Waals surface area (Å²) in [7, 11) is -4.12. The molecule has 0 unspecified atom stereocenters. The molecular weight excluding hydrogens is 563 g/mol. The summed E-state index contributed by atoms with van der Waals surface area (Å²) >= 11 is 0. The van der Waals surface area contributed by atoms with Crippen LogP contribution in [-0.2, 0) is 16.2 Å². The number of hydrogen-bond acceptors (Lipinski definition) is 9. The Hall–Kier alpha value is -4.63. The summed E-state index contributed by atoms with van der Waals surface area (Å²) in [6, 6.07) is 16.7. The van der Waals surface area contributed by atoms with Gasteiger partial charge in [0.2, 0.25) is 15.8 Å². The second-order valence-corrected chi connectivity index (χ2v) is 10.7. The van der Waals surface area contributed by atoms with Crippen molar-refractivity contribution >= 4 is 27.3 Å². The number of sulfonamides is 1. The Morgan fingerprint density at radius 2 is 1.54 bits per heavy atom. The molecule has 2 aromatic heterocycles. The predicted octanol–water partition coefficient (Wildman–Crippen LogP) is 4.11. The lowest BCUT2D eigenvalue weighted by molar-refractivity contribution is -0.385. The van der Waals surface area contributed by atoms with Crippen LogP contribution in [0.15, 0.2) is 77.8 Å². The Bertz CT molecular complexity index is 1690. The average molecular weight is 586 g/mol. The summed E-state index contributed by atoms with van der Waals surface area (Å²) in [5.74, 6) is -0.869. The Balaban J connectivity index is 1.62. The van der Waals surface area contributed by atoms with Crippen LogP contribution in [0.3, 0.4) is 0 Å². The van der Waals surface area contributed by atoms with Crippen molar-refractivity contribution in [1.82, 2.24) is 15.0 Å². The fourth-order valence-electron chi connectivity index (χ4n) is 4.52. The maximum absolute atomic E-state index is 14.1. The van der Waals surface area contributed by atoms with E-state index in [-0.39, 0.29) is 46.3 Å². The van der Waals surface area contributed by atoms with E-state index in [9.17, 15) is 31.7 Å². The third kappa shape index (κ3) is 5.95. The number of primary sulfonamides is 1. The van der Waals surface area contributed by atoms with E-state index in [0.717, 1.165) is 6.20 Å². The molecule has 0 atom stereocenters. The maximum Gasteiger partial charge on any atom is 0.451 e. The van der Waals surface area contributed by atoms with Gasteiger partial charge >= 0.3 is 6.18 Å². The van der Waals surface area contributed by atoms with Gasteiger partial charge in [0.25, 0.3) is 5.69 Å². The molecule has 212 valence electrons. The van der Waals surface area contributed by atoms with Gasteiger partial charge in [-0.05, 0) is 23.8 Å². The SMILES string of the molecule is NS(=O)(=O)c1cccc(-c2c(-c3ccccc3)nc(C(F)(F)F)nc2N2CCN(c3ccc([N+](=O)[O-])cn3)CC2)c1. The van der Waals surface area contributed by atoms with E-state index in [1.807, 2.05) is 4.90 Å². The van der Waals surface area contributed by atoms with Gasteiger partial charge in [0.15, 0.2) is 0 Å². The number of hydrogen-bond donors (Lipinski definition) is 1. The van der Waals surface area contributed by atoms with Crippen molar-refractivity contribution in [2.45, 2.75) is 11.1 Å². The molecule has 15 heteroatoms. The molecule has 5 rings (SSSR count). The second kappa shape index (κ2) is 10.7. The van der Waals surface area contributed by atoms with Crippen molar-refractivity contribution in [3.63, 3.8) is 0 Å². The summed E-state index contributed by atoms with van der Waals surface area (Å²) in [5.41, 5.74) is 0.698. The van der Waals surface area contributed by atoms with E-state index in [2.05, 4.69) is 15.0 Å². The molecule has 0 amide bonds. The fourth-order valence-corrected chi connectivity index (χ4v) is 5.08. The summed E-state index contributed by atoms with van der Waals surface area (Å²) in [4.78, 5) is 25.7. The second-order valence-electron chi connectivity index (χ2n) is 9.14. The van der Waals surface area contributed by atoms with Crippen molar-refractivity contribution in [3.8, 4) is 22.4 Å². The van der Waals surface area contributed by atoms with Crippen LogP contribution in [0.2, 0.25) is 0 Å². The van der Waals surface area contributed by atoms with Crippen LogP contribution in [-0.4, -0.2) is 54.5 Å². The van der Waals surface area contributed by atoms with E-state index < -0.39 is 26.9 Å².